The fourth-order valence-electron chi connectivity index (χ4n) is 3.29. The van der Waals surface area contributed by atoms with Crippen molar-refractivity contribution in [3.8, 4) is 0 Å². The summed E-state index contributed by atoms with van der Waals surface area (Å²) in [5, 5.41) is 10.3. The van der Waals surface area contributed by atoms with E-state index in [9.17, 15) is 0 Å². The highest BCUT2D eigenvalue weighted by atomic mass is 127. The van der Waals surface area contributed by atoms with Crippen LogP contribution in [0.4, 0.5) is 0 Å². The predicted molar refractivity (Wildman–Crippen MR) is 128 cm³/mol. The average Bonchev–Trinajstić information content (AvgIpc) is 3.38. The number of rotatable bonds is 7. The topological polar surface area (TPSA) is 52.6 Å². The maximum absolute atomic E-state index is 4.61. The maximum atomic E-state index is 4.61. The highest BCUT2D eigenvalue weighted by Gasteiger charge is 2.24. The minimum Gasteiger partial charge on any atom is -0.356 e. The number of halogens is 1. The highest BCUT2D eigenvalue weighted by Crippen LogP contribution is 2.27. The van der Waals surface area contributed by atoms with E-state index < -0.39 is 0 Å². The molecule has 1 aliphatic rings. The molecule has 3 heterocycles. The van der Waals surface area contributed by atoms with E-state index in [4.69, 9.17) is 0 Å². The van der Waals surface area contributed by atoms with E-state index in [0.717, 1.165) is 31.2 Å². The Morgan fingerprint density at radius 1 is 1.30 bits per heavy atom. The number of hydrogen-bond acceptors (Lipinski definition) is 5. The molecule has 1 atom stereocenters. The van der Waals surface area contributed by atoms with E-state index in [1.165, 1.54) is 40.7 Å². The third-order valence-electron chi connectivity index (χ3n) is 4.84. The molecule has 3 rings (SSSR count). The minimum atomic E-state index is 0. The normalized spacial score (nSPS) is 16.2. The van der Waals surface area contributed by atoms with E-state index in [2.05, 4.69) is 56.9 Å². The average molecular weight is 520 g/mol. The summed E-state index contributed by atoms with van der Waals surface area (Å²) in [6.07, 6.45) is 3.55. The first-order valence-electron chi connectivity index (χ1n) is 9.32. The molecule has 8 heteroatoms. The molecule has 0 bridgehead atoms. The highest BCUT2D eigenvalue weighted by molar-refractivity contribution is 14.0. The lowest BCUT2D eigenvalue weighted by Crippen LogP contribution is -2.43. The monoisotopic (exact) mass is 519 g/mol. The third-order valence-corrected chi connectivity index (χ3v) is 6.95. The second-order valence-electron chi connectivity index (χ2n) is 6.65. The van der Waals surface area contributed by atoms with Crippen molar-refractivity contribution in [3.05, 3.63) is 38.0 Å². The molecule has 1 fully saturated rings. The molecular formula is C19H30IN5S2. The number of likely N-dealkylation sites (tertiary alicyclic amines) is 1. The Kier molecular flexibility index (Phi) is 9.47. The van der Waals surface area contributed by atoms with Crippen molar-refractivity contribution in [2.75, 3.05) is 33.2 Å². The first-order chi connectivity index (χ1) is 12.7. The molecule has 1 aliphatic heterocycles. The molecule has 0 aromatic carbocycles. The van der Waals surface area contributed by atoms with Crippen LogP contribution in [0, 0.1) is 13.8 Å². The smallest absolute Gasteiger partial charge is 0.191 e. The Bertz CT molecular complexity index is 688. The zero-order valence-corrected chi connectivity index (χ0v) is 20.3. The second-order valence-corrected chi connectivity index (χ2v) is 8.92. The van der Waals surface area contributed by atoms with Crippen molar-refractivity contribution in [1.29, 1.82) is 0 Å². The van der Waals surface area contributed by atoms with Gasteiger partial charge in [-0.25, -0.2) is 4.98 Å². The first-order valence-corrected chi connectivity index (χ1v) is 11.0. The number of aliphatic imine (C=N–C) groups is 1. The predicted octanol–water partition coefficient (Wildman–Crippen LogP) is 3.98. The fourth-order valence-corrected chi connectivity index (χ4v) is 5.09. The van der Waals surface area contributed by atoms with Crippen LogP contribution in [0.1, 0.15) is 39.3 Å². The van der Waals surface area contributed by atoms with Crippen molar-refractivity contribution < 1.29 is 0 Å². The molecule has 5 nitrogen and oxygen atoms in total. The minimum absolute atomic E-state index is 0. The summed E-state index contributed by atoms with van der Waals surface area (Å²) in [6, 6.07) is 4.83. The van der Waals surface area contributed by atoms with E-state index in [1.54, 1.807) is 11.3 Å². The SMILES string of the molecule is CN=C(NCCc1nc(C)c(C)s1)NCC(c1cccs1)N1CCCC1.I. The van der Waals surface area contributed by atoms with Crippen LogP contribution in [0.2, 0.25) is 0 Å². The van der Waals surface area contributed by atoms with Gasteiger partial charge in [-0.05, 0) is 51.2 Å². The number of thiazole rings is 1. The van der Waals surface area contributed by atoms with Crippen LogP contribution in [-0.4, -0.2) is 49.1 Å². The van der Waals surface area contributed by atoms with E-state index in [0.29, 0.717) is 6.04 Å². The molecule has 1 unspecified atom stereocenters. The molecule has 27 heavy (non-hydrogen) atoms. The molecule has 0 saturated carbocycles. The maximum Gasteiger partial charge on any atom is 0.191 e. The lowest BCUT2D eigenvalue weighted by molar-refractivity contribution is 0.249. The Labute approximate surface area is 187 Å². The first kappa shape index (κ1) is 22.6. The quantitative estimate of drug-likeness (QED) is 0.330. The van der Waals surface area contributed by atoms with Crippen LogP contribution in [0.15, 0.2) is 22.5 Å². The largest absolute Gasteiger partial charge is 0.356 e. The van der Waals surface area contributed by atoms with Crippen molar-refractivity contribution >= 4 is 52.6 Å². The lowest BCUT2D eigenvalue weighted by atomic mass is 10.2. The summed E-state index contributed by atoms with van der Waals surface area (Å²) in [4.78, 5) is 14.3. The summed E-state index contributed by atoms with van der Waals surface area (Å²) >= 11 is 3.64. The summed E-state index contributed by atoms with van der Waals surface area (Å²) < 4.78 is 0. The fraction of sp³-hybridized carbons (Fsp3) is 0.579. The van der Waals surface area contributed by atoms with Crippen LogP contribution >= 0.6 is 46.7 Å². The molecule has 2 aromatic rings. The zero-order valence-electron chi connectivity index (χ0n) is 16.3. The lowest BCUT2D eigenvalue weighted by Gasteiger charge is -2.27. The van der Waals surface area contributed by atoms with Gasteiger partial charge in [0.05, 0.1) is 16.7 Å². The molecule has 0 amide bonds. The number of nitrogens with zero attached hydrogens (tertiary/aromatic N) is 3. The van der Waals surface area contributed by atoms with Gasteiger partial charge in [-0.15, -0.1) is 46.7 Å². The van der Waals surface area contributed by atoms with E-state index in [-0.39, 0.29) is 24.0 Å². The van der Waals surface area contributed by atoms with Gasteiger partial charge in [-0.3, -0.25) is 9.89 Å². The Balaban J connectivity index is 0.00000261. The van der Waals surface area contributed by atoms with Crippen LogP contribution in [-0.2, 0) is 6.42 Å². The van der Waals surface area contributed by atoms with Crippen molar-refractivity contribution in [3.63, 3.8) is 0 Å². The number of nitrogens with one attached hydrogen (secondary N) is 2. The van der Waals surface area contributed by atoms with Gasteiger partial charge in [-0.1, -0.05) is 6.07 Å². The molecular weight excluding hydrogens is 489 g/mol. The number of guanidine groups is 1. The van der Waals surface area contributed by atoms with Gasteiger partial charge in [0.15, 0.2) is 5.96 Å². The Morgan fingerprint density at radius 3 is 2.67 bits per heavy atom. The second kappa shape index (κ2) is 11.3. The summed E-state index contributed by atoms with van der Waals surface area (Å²) in [7, 11) is 1.84. The van der Waals surface area contributed by atoms with Gasteiger partial charge in [0, 0.05) is 36.3 Å². The molecule has 0 spiro atoms. The molecule has 2 N–H and O–H groups in total. The molecule has 1 saturated heterocycles. The molecule has 2 aromatic heterocycles. The van der Waals surface area contributed by atoms with Crippen LogP contribution < -0.4 is 10.6 Å². The van der Waals surface area contributed by atoms with Gasteiger partial charge in [0.25, 0.3) is 0 Å². The third kappa shape index (κ3) is 6.40. The summed E-state index contributed by atoms with van der Waals surface area (Å²) in [6.45, 7) is 8.33. The van der Waals surface area contributed by atoms with Crippen molar-refractivity contribution in [1.82, 2.24) is 20.5 Å². The standard InChI is InChI=1S/C19H29N5S2.HI/c1-14-15(2)26-18(23-14)8-9-21-19(20-3)22-13-16(17-7-6-12-25-17)24-10-4-5-11-24;/h6-7,12,16H,4-5,8-11,13H2,1-3H3,(H2,20,21,22);1H. The van der Waals surface area contributed by atoms with Gasteiger partial charge in [-0.2, -0.15) is 0 Å². The zero-order chi connectivity index (χ0) is 18.4. The molecule has 0 aliphatic carbocycles. The van der Waals surface area contributed by atoms with Crippen LogP contribution in [0.3, 0.4) is 0 Å². The van der Waals surface area contributed by atoms with Crippen molar-refractivity contribution in [2.45, 2.75) is 39.2 Å². The van der Waals surface area contributed by atoms with E-state index >= 15 is 0 Å². The van der Waals surface area contributed by atoms with Crippen molar-refractivity contribution in [2.24, 2.45) is 4.99 Å². The van der Waals surface area contributed by atoms with Gasteiger partial charge in [0.2, 0.25) is 0 Å². The Hall–Kier alpha value is -0.710. The number of aryl methyl sites for hydroxylation is 2. The van der Waals surface area contributed by atoms with Gasteiger partial charge < -0.3 is 10.6 Å². The van der Waals surface area contributed by atoms with Crippen LogP contribution in [0.5, 0.6) is 0 Å². The van der Waals surface area contributed by atoms with E-state index in [1.807, 2.05) is 18.4 Å². The number of aromatic nitrogens is 1. The van der Waals surface area contributed by atoms with Gasteiger partial charge >= 0.3 is 0 Å². The molecule has 150 valence electrons. The van der Waals surface area contributed by atoms with Crippen LogP contribution in [0.25, 0.3) is 0 Å². The summed E-state index contributed by atoms with van der Waals surface area (Å²) in [5.41, 5.74) is 1.15. The van der Waals surface area contributed by atoms with Gasteiger partial charge in [0.1, 0.15) is 0 Å². The Morgan fingerprint density at radius 2 is 2.07 bits per heavy atom. The number of thiophene rings is 1. The number of hydrogen-bond donors (Lipinski definition) is 2. The summed E-state index contributed by atoms with van der Waals surface area (Å²) in [5.74, 6) is 0.871. The molecule has 0 radical (unpaired) electrons.